The predicted molar refractivity (Wildman–Crippen MR) is 54.0 cm³/mol. The van der Waals surface area contributed by atoms with E-state index in [4.69, 9.17) is 17.3 Å². The molecule has 0 aliphatic heterocycles. The van der Waals surface area contributed by atoms with Crippen LogP contribution in [0.2, 0.25) is 5.15 Å². The van der Waals surface area contributed by atoms with E-state index in [2.05, 4.69) is 9.97 Å². The maximum Gasteiger partial charge on any atom is 0.418 e. The maximum absolute atomic E-state index is 12.6. The molecule has 0 aliphatic carbocycles. The molecule has 2 aromatic rings. The second-order valence-corrected chi connectivity index (χ2v) is 3.43. The fourth-order valence-electron chi connectivity index (χ4n) is 1.36. The first-order valence-electron chi connectivity index (χ1n) is 4.18. The van der Waals surface area contributed by atoms with Crippen molar-refractivity contribution in [1.29, 1.82) is 0 Å². The van der Waals surface area contributed by atoms with Crippen LogP contribution < -0.4 is 5.73 Å². The Morgan fingerprint density at radius 3 is 2.50 bits per heavy atom. The van der Waals surface area contributed by atoms with Crippen molar-refractivity contribution in [3.05, 3.63) is 28.9 Å². The van der Waals surface area contributed by atoms with Gasteiger partial charge in [-0.2, -0.15) is 13.2 Å². The molecule has 84 valence electrons. The van der Waals surface area contributed by atoms with Crippen molar-refractivity contribution < 1.29 is 13.2 Å². The van der Waals surface area contributed by atoms with Gasteiger partial charge in [0.2, 0.25) is 5.95 Å². The van der Waals surface area contributed by atoms with Crippen LogP contribution in [0.4, 0.5) is 19.1 Å². The lowest BCUT2D eigenvalue weighted by Crippen LogP contribution is -2.08. The number of halogens is 4. The molecule has 3 nitrogen and oxygen atoms in total. The molecule has 0 saturated carbocycles. The smallest absolute Gasteiger partial charge is 0.368 e. The Morgan fingerprint density at radius 2 is 1.88 bits per heavy atom. The molecule has 0 saturated heterocycles. The Kier molecular flexibility index (Phi) is 2.38. The van der Waals surface area contributed by atoms with Crippen molar-refractivity contribution in [3.8, 4) is 0 Å². The van der Waals surface area contributed by atoms with Crippen LogP contribution in [0.5, 0.6) is 0 Å². The lowest BCUT2D eigenvalue weighted by molar-refractivity contribution is -0.136. The summed E-state index contributed by atoms with van der Waals surface area (Å²) in [4.78, 5) is 7.15. The molecule has 0 spiro atoms. The van der Waals surface area contributed by atoms with Crippen LogP contribution >= 0.6 is 11.6 Å². The van der Waals surface area contributed by atoms with Gasteiger partial charge in [0.05, 0.1) is 11.1 Å². The summed E-state index contributed by atoms with van der Waals surface area (Å²) in [7, 11) is 0. The largest absolute Gasteiger partial charge is 0.418 e. The van der Waals surface area contributed by atoms with Crippen molar-refractivity contribution in [2.24, 2.45) is 0 Å². The summed E-state index contributed by atoms with van der Waals surface area (Å²) in [5, 5.41) is 0.0410. The van der Waals surface area contributed by atoms with Gasteiger partial charge in [-0.15, -0.1) is 0 Å². The Bertz CT molecular complexity index is 553. The molecule has 0 bridgehead atoms. The first-order valence-corrected chi connectivity index (χ1v) is 4.56. The van der Waals surface area contributed by atoms with Gasteiger partial charge in [-0.25, -0.2) is 9.97 Å². The molecule has 0 fully saturated rings. The van der Waals surface area contributed by atoms with Crippen LogP contribution in [-0.4, -0.2) is 9.97 Å². The highest BCUT2D eigenvalue weighted by atomic mass is 35.5. The second-order valence-electron chi connectivity index (χ2n) is 3.07. The number of rotatable bonds is 0. The number of anilines is 1. The van der Waals surface area contributed by atoms with Crippen LogP contribution in [0, 0.1) is 0 Å². The molecule has 1 heterocycles. The van der Waals surface area contributed by atoms with Gasteiger partial charge in [0, 0.05) is 5.39 Å². The topological polar surface area (TPSA) is 51.8 Å². The third kappa shape index (κ3) is 1.76. The lowest BCUT2D eigenvalue weighted by atomic mass is 10.1. The van der Waals surface area contributed by atoms with Crippen molar-refractivity contribution in [2.45, 2.75) is 6.18 Å². The average Bonchev–Trinajstić information content (AvgIpc) is 2.15. The maximum atomic E-state index is 12.6. The molecular weight excluding hydrogens is 243 g/mol. The molecule has 1 aromatic carbocycles. The molecule has 2 N–H and O–H groups in total. The molecule has 1 aromatic heterocycles. The highest BCUT2D eigenvalue weighted by molar-refractivity contribution is 6.34. The third-order valence-corrected chi connectivity index (χ3v) is 2.29. The highest BCUT2D eigenvalue weighted by Crippen LogP contribution is 2.35. The molecule has 0 aliphatic rings. The van der Waals surface area contributed by atoms with Crippen molar-refractivity contribution in [1.82, 2.24) is 9.97 Å². The van der Waals surface area contributed by atoms with Crippen LogP contribution in [0.25, 0.3) is 10.9 Å². The summed E-state index contributed by atoms with van der Waals surface area (Å²) in [6, 6.07) is 3.58. The number of hydrogen-bond acceptors (Lipinski definition) is 3. The van der Waals surface area contributed by atoms with Crippen molar-refractivity contribution >= 4 is 28.5 Å². The second kappa shape index (κ2) is 3.48. The van der Waals surface area contributed by atoms with Crippen molar-refractivity contribution in [3.63, 3.8) is 0 Å². The third-order valence-electron chi connectivity index (χ3n) is 2.00. The lowest BCUT2D eigenvalue weighted by Gasteiger charge is -2.10. The number of benzene rings is 1. The SMILES string of the molecule is Nc1nc(Cl)c2cccc(C(F)(F)F)c2n1. The Hall–Kier alpha value is -1.56. The quantitative estimate of drug-likeness (QED) is 0.728. The first kappa shape index (κ1) is 10.9. The first-order chi connectivity index (χ1) is 7.39. The van der Waals surface area contributed by atoms with Gasteiger partial charge in [-0.3, -0.25) is 0 Å². The Balaban J connectivity index is 2.87. The molecule has 0 unspecified atom stereocenters. The van der Waals surface area contributed by atoms with Gasteiger partial charge in [-0.1, -0.05) is 17.7 Å². The van der Waals surface area contributed by atoms with Gasteiger partial charge in [0.25, 0.3) is 0 Å². The van der Waals surface area contributed by atoms with Gasteiger partial charge in [0.1, 0.15) is 5.15 Å². The normalized spacial score (nSPS) is 12.0. The Morgan fingerprint density at radius 1 is 1.19 bits per heavy atom. The summed E-state index contributed by atoms with van der Waals surface area (Å²) < 4.78 is 37.9. The Labute approximate surface area is 93.1 Å². The zero-order valence-corrected chi connectivity index (χ0v) is 8.47. The molecular formula is C9H5ClF3N3. The molecule has 7 heteroatoms. The number of aromatic nitrogens is 2. The molecule has 0 amide bonds. The number of para-hydroxylation sites is 1. The van der Waals surface area contributed by atoms with E-state index < -0.39 is 11.7 Å². The summed E-state index contributed by atoms with van der Waals surface area (Å²) in [6.45, 7) is 0. The van der Waals surface area contributed by atoms with E-state index in [0.717, 1.165) is 6.07 Å². The van der Waals surface area contributed by atoms with Crippen LogP contribution in [0.1, 0.15) is 5.56 Å². The zero-order valence-electron chi connectivity index (χ0n) is 7.72. The minimum absolute atomic E-state index is 0.0893. The number of fused-ring (bicyclic) bond motifs is 1. The van der Waals surface area contributed by atoms with Gasteiger partial charge in [-0.05, 0) is 12.1 Å². The van der Waals surface area contributed by atoms with E-state index in [0.29, 0.717) is 0 Å². The van der Waals surface area contributed by atoms with Crippen LogP contribution in [0.3, 0.4) is 0 Å². The zero-order chi connectivity index (χ0) is 11.9. The molecule has 2 rings (SSSR count). The number of nitrogen functional groups attached to an aromatic ring is 1. The number of nitrogens with zero attached hydrogens (tertiary/aromatic N) is 2. The summed E-state index contributed by atoms with van der Waals surface area (Å²) in [5.74, 6) is -0.283. The van der Waals surface area contributed by atoms with E-state index in [1.54, 1.807) is 0 Å². The molecule has 0 atom stereocenters. The van der Waals surface area contributed by atoms with E-state index in [1.165, 1.54) is 12.1 Å². The standard InChI is InChI=1S/C9H5ClF3N3/c10-7-4-2-1-3-5(9(11,12)13)6(4)15-8(14)16-7/h1-3H,(H2,14,15,16). The number of alkyl halides is 3. The predicted octanol–water partition coefficient (Wildman–Crippen LogP) is 2.88. The van der Waals surface area contributed by atoms with Crippen LogP contribution in [0.15, 0.2) is 18.2 Å². The van der Waals surface area contributed by atoms with Crippen LogP contribution in [-0.2, 0) is 6.18 Å². The minimum atomic E-state index is -4.50. The average molecular weight is 248 g/mol. The van der Waals surface area contributed by atoms with Gasteiger partial charge in [0.15, 0.2) is 0 Å². The van der Waals surface area contributed by atoms with Crippen molar-refractivity contribution in [2.75, 3.05) is 5.73 Å². The number of hydrogen-bond donors (Lipinski definition) is 1. The summed E-state index contributed by atoms with van der Waals surface area (Å²) in [6.07, 6.45) is -4.50. The highest BCUT2D eigenvalue weighted by Gasteiger charge is 2.33. The molecule has 16 heavy (non-hydrogen) atoms. The summed E-state index contributed by atoms with van der Waals surface area (Å²) in [5.41, 5.74) is 4.10. The van der Waals surface area contributed by atoms with E-state index in [1.807, 2.05) is 0 Å². The molecule has 0 radical (unpaired) electrons. The van der Waals surface area contributed by atoms with Gasteiger partial charge < -0.3 is 5.73 Å². The summed E-state index contributed by atoms with van der Waals surface area (Å²) >= 11 is 5.69. The fraction of sp³-hybridized carbons (Fsp3) is 0.111. The van der Waals surface area contributed by atoms with Gasteiger partial charge >= 0.3 is 6.18 Å². The fourth-order valence-corrected chi connectivity index (χ4v) is 1.60. The van der Waals surface area contributed by atoms with E-state index in [9.17, 15) is 13.2 Å². The van der Waals surface area contributed by atoms with E-state index in [-0.39, 0.29) is 22.0 Å². The number of nitrogens with two attached hydrogens (primary N) is 1. The monoisotopic (exact) mass is 247 g/mol. The minimum Gasteiger partial charge on any atom is -0.368 e. The van der Waals surface area contributed by atoms with E-state index >= 15 is 0 Å².